The fourth-order valence-corrected chi connectivity index (χ4v) is 4.29. The van der Waals surface area contributed by atoms with Crippen LogP contribution in [-0.4, -0.2) is 55.1 Å². The number of benzene rings is 2. The Bertz CT molecular complexity index is 1130. The van der Waals surface area contributed by atoms with E-state index in [1.165, 1.54) is 0 Å². The first-order chi connectivity index (χ1) is 17.1. The topological polar surface area (TPSA) is 57.7 Å². The minimum absolute atomic E-state index is 0.0280. The number of nitrogens with zero attached hydrogens (tertiary/aromatic N) is 3. The number of amides is 1. The van der Waals surface area contributed by atoms with E-state index in [2.05, 4.69) is 20.1 Å². The van der Waals surface area contributed by atoms with Crippen LogP contribution in [0.4, 0.5) is 10.1 Å². The summed E-state index contributed by atoms with van der Waals surface area (Å²) < 4.78 is 20.4. The molecule has 1 saturated heterocycles. The molecule has 35 heavy (non-hydrogen) atoms. The number of anilines is 1. The maximum Gasteiger partial charge on any atom is 0.251 e. The molecule has 0 unspecified atom stereocenters. The van der Waals surface area contributed by atoms with Gasteiger partial charge in [-0.25, -0.2) is 4.39 Å². The van der Waals surface area contributed by atoms with E-state index in [-0.39, 0.29) is 11.7 Å². The zero-order chi connectivity index (χ0) is 24.6. The first-order valence-corrected chi connectivity index (χ1v) is 12.3. The third-order valence-electron chi connectivity index (χ3n) is 6.18. The molecule has 1 N–H and O–H groups in total. The molecule has 3 aromatic rings. The minimum Gasteiger partial charge on any atom is -0.492 e. The van der Waals surface area contributed by atoms with E-state index in [0.29, 0.717) is 42.1 Å². The number of piperazine rings is 1. The Morgan fingerprint density at radius 2 is 1.80 bits per heavy atom. The Morgan fingerprint density at radius 3 is 2.49 bits per heavy atom. The molecule has 4 rings (SSSR count). The van der Waals surface area contributed by atoms with Crippen LogP contribution < -0.4 is 15.0 Å². The maximum atomic E-state index is 14.9. The Morgan fingerprint density at radius 1 is 1.03 bits per heavy atom. The number of rotatable bonds is 9. The number of nitrogens with one attached hydrogen (secondary N) is 1. The van der Waals surface area contributed by atoms with Crippen molar-refractivity contribution in [3.05, 3.63) is 77.9 Å². The Hall–Kier alpha value is -3.45. The van der Waals surface area contributed by atoms with Gasteiger partial charge in [-0.3, -0.25) is 14.7 Å². The molecular weight excluding hydrogens is 443 g/mol. The lowest BCUT2D eigenvalue weighted by molar-refractivity contribution is 0.0953. The quantitative estimate of drug-likeness (QED) is 0.483. The molecule has 1 aliphatic heterocycles. The molecule has 1 aliphatic rings. The van der Waals surface area contributed by atoms with Crippen LogP contribution in [0, 0.1) is 5.82 Å². The third-order valence-corrected chi connectivity index (χ3v) is 6.18. The lowest BCUT2D eigenvalue weighted by atomic mass is 10.0. The normalized spacial score (nSPS) is 14.1. The molecule has 0 radical (unpaired) electrons. The molecule has 0 atom stereocenters. The van der Waals surface area contributed by atoms with Crippen LogP contribution in [0.1, 0.15) is 36.2 Å². The van der Waals surface area contributed by atoms with Gasteiger partial charge in [-0.15, -0.1) is 0 Å². The average molecular weight is 477 g/mol. The molecule has 1 amide bonds. The smallest absolute Gasteiger partial charge is 0.251 e. The Labute approximate surface area is 206 Å². The fraction of sp³-hybridized carbons (Fsp3) is 0.357. The lowest BCUT2D eigenvalue weighted by Gasteiger charge is -2.36. The number of carbonyl (C=O) groups is 1. The molecule has 0 aliphatic carbocycles. The van der Waals surface area contributed by atoms with E-state index >= 15 is 0 Å². The van der Waals surface area contributed by atoms with Gasteiger partial charge < -0.3 is 15.0 Å². The van der Waals surface area contributed by atoms with Gasteiger partial charge in [0.25, 0.3) is 5.91 Å². The van der Waals surface area contributed by atoms with Gasteiger partial charge in [0, 0.05) is 67.8 Å². The van der Waals surface area contributed by atoms with Gasteiger partial charge in [0.05, 0.1) is 12.8 Å². The van der Waals surface area contributed by atoms with Crippen molar-refractivity contribution in [2.75, 3.05) is 44.2 Å². The lowest BCUT2D eigenvalue weighted by Crippen LogP contribution is -2.46. The summed E-state index contributed by atoms with van der Waals surface area (Å²) in [6, 6.07) is 15.1. The van der Waals surface area contributed by atoms with Crippen molar-refractivity contribution in [2.45, 2.75) is 26.8 Å². The Kier molecular flexibility index (Phi) is 8.32. The molecule has 2 heterocycles. The monoisotopic (exact) mass is 476 g/mol. The molecule has 0 bridgehead atoms. The van der Waals surface area contributed by atoms with Gasteiger partial charge in [0.1, 0.15) is 11.6 Å². The van der Waals surface area contributed by atoms with Gasteiger partial charge in [-0.2, -0.15) is 0 Å². The second kappa shape index (κ2) is 11.8. The Balaban J connectivity index is 1.32. The molecule has 0 spiro atoms. The van der Waals surface area contributed by atoms with E-state index in [9.17, 15) is 9.18 Å². The summed E-state index contributed by atoms with van der Waals surface area (Å²) in [5, 5.41) is 2.91. The summed E-state index contributed by atoms with van der Waals surface area (Å²) in [7, 11) is 0. The van der Waals surface area contributed by atoms with E-state index in [4.69, 9.17) is 4.74 Å². The molecular formula is C28H33FN4O2. The summed E-state index contributed by atoms with van der Waals surface area (Å²) in [4.78, 5) is 20.9. The van der Waals surface area contributed by atoms with E-state index < -0.39 is 0 Å². The van der Waals surface area contributed by atoms with Crippen molar-refractivity contribution in [3.8, 4) is 16.9 Å². The highest BCUT2D eigenvalue weighted by molar-refractivity contribution is 5.94. The summed E-state index contributed by atoms with van der Waals surface area (Å²) in [6.07, 6.45) is 4.21. The number of pyridine rings is 1. The highest BCUT2D eigenvalue weighted by atomic mass is 19.1. The summed E-state index contributed by atoms with van der Waals surface area (Å²) >= 11 is 0. The predicted octanol–water partition coefficient (Wildman–Crippen LogP) is 4.75. The van der Waals surface area contributed by atoms with Gasteiger partial charge in [0.15, 0.2) is 0 Å². The van der Waals surface area contributed by atoms with Crippen molar-refractivity contribution in [1.82, 2.24) is 15.2 Å². The van der Waals surface area contributed by atoms with Crippen molar-refractivity contribution < 1.29 is 13.9 Å². The van der Waals surface area contributed by atoms with Crippen LogP contribution in [0.3, 0.4) is 0 Å². The molecule has 7 heteroatoms. The number of halogens is 1. The minimum atomic E-state index is -0.250. The second-order valence-corrected chi connectivity index (χ2v) is 8.72. The number of carbonyl (C=O) groups excluding carboxylic acids is 1. The van der Waals surface area contributed by atoms with Crippen LogP contribution in [0.15, 0.2) is 60.9 Å². The average Bonchev–Trinajstić information content (AvgIpc) is 2.88. The molecule has 1 fully saturated rings. The highest BCUT2D eigenvalue weighted by Crippen LogP contribution is 2.27. The number of hydrogen-bond acceptors (Lipinski definition) is 5. The van der Waals surface area contributed by atoms with E-state index in [1.807, 2.05) is 56.3 Å². The van der Waals surface area contributed by atoms with Crippen LogP contribution in [0.2, 0.25) is 0 Å². The van der Waals surface area contributed by atoms with Crippen molar-refractivity contribution in [1.29, 1.82) is 0 Å². The van der Waals surface area contributed by atoms with Gasteiger partial charge in [0.2, 0.25) is 0 Å². The third kappa shape index (κ3) is 6.36. The maximum absolute atomic E-state index is 14.9. The van der Waals surface area contributed by atoms with Crippen LogP contribution in [-0.2, 0) is 6.54 Å². The van der Waals surface area contributed by atoms with Gasteiger partial charge in [-0.05, 0) is 55.3 Å². The number of aromatic nitrogens is 1. The zero-order valence-corrected chi connectivity index (χ0v) is 20.5. The fourth-order valence-electron chi connectivity index (χ4n) is 4.29. The molecule has 1 aromatic heterocycles. The molecule has 2 aromatic carbocycles. The molecule has 0 saturated carbocycles. The van der Waals surface area contributed by atoms with Crippen molar-refractivity contribution >= 4 is 11.6 Å². The summed E-state index contributed by atoms with van der Waals surface area (Å²) in [5.74, 6) is 0.361. The van der Waals surface area contributed by atoms with E-state index in [1.54, 1.807) is 18.5 Å². The highest BCUT2D eigenvalue weighted by Gasteiger charge is 2.18. The van der Waals surface area contributed by atoms with Crippen molar-refractivity contribution in [2.24, 2.45) is 0 Å². The number of hydrogen-bond donors (Lipinski definition) is 1. The van der Waals surface area contributed by atoms with Crippen LogP contribution in [0.25, 0.3) is 11.1 Å². The first kappa shape index (κ1) is 24.7. The molecule has 6 nitrogen and oxygen atoms in total. The van der Waals surface area contributed by atoms with Crippen molar-refractivity contribution in [3.63, 3.8) is 0 Å². The number of ether oxygens (including phenoxy) is 1. The largest absolute Gasteiger partial charge is 0.492 e. The van der Waals surface area contributed by atoms with Gasteiger partial charge >= 0.3 is 0 Å². The zero-order valence-electron chi connectivity index (χ0n) is 20.5. The summed E-state index contributed by atoms with van der Waals surface area (Å²) in [5.41, 5.74) is 4.00. The predicted molar refractivity (Wildman–Crippen MR) is 137 cm³/mol. The molecule has 184 valence electrons. The van der Waals surface area contributed by atoms with Crippen LogP contribution >= 0.6 is 0 Å². The van der Waals surface area contributed by atoms with E-state index in [0.717, 1.165) is 43.9 Å². The first-order valence-electron chi connectivity index (χ1n) is 12.3. The summed E-state index contributed by atoms with van der Waals surface area (Å²) in [6.45, 7) is 9.44. The second-order valence-electron chi connectivity index (χ2n) is 8.72. The van der Waals surface area contributed by atoms with Crippen LogP contribution in [0.5, 0.6) is 5.75 Å². The standard InChI is InChI=1S/C28H33FN4O2/c1-3-11-31-28(34)22-6-8-24(9-7-22)33-14-12-32(13-15-33)20-21-5-10-26(27(29)16-21)23-17-25(35-4-2)19-30-18-23/h5-10,16-19H,3-4,11-15,20H2,1-2H3,(H,31,34). The SMILES string of the molecule is CCCNC(=O)c1ccc(N2CCN(Cc3ccc(-c4cncc(OCC)c4)c(F)c3)CC2)cc1. The van der Waals surface area contributed by atoms with Gasteiger partial charge in [-0.1, -0.05) is 19.1 Å².